The zero-order valence-electron chi connectivity index (χ0n) is 15.6. The number of carbonyl (C=O) groups is 4. The SMILES string of the molecule is O=C(NC1CCC(=O)N2CCCC(C(=O)O)N2C1=O)c1nccc2ccccc12. The molecule has 2 atom stereocenters. The van der Waals surface area contributed by atoms with Crippen molar-refractivity contribution in [3.05, 3.63) is 42.2 Å². The number of nitrogens with one attached hydrogen (secondary N) is 1. The number of hydrogen-bond acceptors (Lipinski definition) is 5. The van der Waals surface area contributed by atoms with Gasteiger partial charge in [-0.3, -0.25) is 24.4 Å². The van der Waals surface area contributed by atoms with Crippen molar-refractivity contribution in [2.24, 2.45) is 0 Å². The van der Waals surface area contributed by atoms with E-state index in [1.165, 1.54) is 11.2 Å². The van der Waals surface area contributed by atoms with Gasteiger partial charge < -0.3 is 10.4 Å². The average molecular weight is 396 g/mol. The Hall–Kier alpha value is -3.49. The van der Waals surface area contributed by atoms with Gasteiger partial charge in [0.1, 0.15) is 11.7 Å². The first-order valence-electron chi connectivity index (χ1n) is 9.48. The first-order valence-corrected chi connectivity index (χ1v) is 9.48. The Kier molecular flexibility index (Phi) is 4.87. The number of carboxylic acids is 1. The number of carboxylic acid groups (broad SMARTS) is 1. The fourth-order valence-corrected chi connectivity index (χ4v) is 3.92. The molecule has 4 rings (SSSR count). The Morgan fingerprint density at radius 3 is 2.72 bits per heavy atom. The summed E-state index contributed by atoms with van der Waals surface area (Å²) in [7, 11) is 0. The lowest BCUT2D eigenvalue weighted by Crippen LogP contribution is -2.62. The van der Waals surface area contributed by atoms with Crippen molar-refractivity contribution in [2.75, 3.05) is 6.54 Å². The van der Waals surface area contributed by atoms with Gasteiger partial charge >= 0.3 is 5.97 Å². The number of hydrogen-bond donors (Lipinski definition) is 2. The van der Waals surface area contributed by atoms with Crippen molar-refractivity contribution < 1.29 is 24.3 Å². The Balaban J connectivity index is 1.62. The van der Waals surface area contributed by atoms with E-state index in [9.17, 15) is 24.3 Å². The van der Waals surface area contributed by atoms with Crippen molar-refractivity contribution in [3.63, 3.8) is 0 Å². The molecule has 9 nitrogen and oxygen atoms in total. The van der Waals surface area contributed by atoms with Gasteiger partial charge in [-0.1, -0.05) is 24.3 Å². The molecule has 1 aromatic heterocycles. The fraction of sp³-hybridized carbons (Fsp3) is 0.350. The lowest BCUT2D eigenvalue weighted by Gasteiger charge is -2.41. The molecule has 0 saturated carbocycles. The number of benzene rings is 1. The molecule has 0 spiro atoms. The molecule has 2 unspecified atom stereocenters. The second kappa shape index (κ2) is 7.50. The van der Waals surface area contributed by atoms with Crippen molar-refractivity contribution in [2.45, 2.75) is 37.8 Å². The lowest BCUT2D eigenvalue weighted by atomic mass is 10.1. The summed E-state index contributed by atoms with van der Waals surface area (Å²) >= 11 is 0. The van der Waals surface area contributed by atoms with Gasteiger partial charge in [0.15, 0.2) is 6.04 Å². The van der Waals surface area contributed by atoms with Crippen LogP contribution in [0.2, 0.25) is 0 Å². The van der Waals surface area contributed by atoms with Crippen LogP contribution in [0.5, 0.6) is 0 Å². The first kappa shape index (κ1) is 18.9. The van der Waals surface area contributed by atoms with Crippen LogP contribution in [0.1, 0.15) is 36.2 Å². The molecule has 3 heterocycles. The summed E-state index contributed by atoms with van der Waals surface area (Å²) in [4.78, 5) is 54.2. The third-order valence-electron chi connectivity index (χ3n) is 5.34. The Morgan fingerprint density at radius 2 is 1.93 bits per heavy atom. The van der Waals surface area contributed by atoms with Crippen LogP contribution >= 0.6 is 0 Å². The first-order chi connectivity index (χ1) is 14.0. The summed E-state index contributed by atoms with van der Waals surface area (Å²) in [6.07, 6.45) is 2.43. The van der Waals surface area contributed by atoms with Crippen LogP contribution in [-0.2, 0) is 14.4 Å². The second-order valence-electron chi connectivity index (χ2n) is 7.14. The van der Waals surface area contributed by atoms with Gasteiger partial charge in [0.05, 0.1) is 0 Å². The zero-order valence-corrected chi connectivity index (χ0v) is 15.6. The van der Waals surface area contributed by atoms with E-state index in [4.69, 9.17) is 0 Å². The molecule has 0 radical (unpaired) electrons. The minimum atomic E-state index is -1.17. The summed E-state index contributed by atoms with van der Waals surface area (Å²) in [6.45, 7) is 0.292. The van der Waals surface area contributed by atoms with Gasteiger partial charge in [0.2, 0.25) is 5.91 Å². The molecule has 1 aromatic carbocycles. The number of aromatic nitrogens is 1. The van der Waals surface area contributed by atoms with Crippen molar-refractivity contribution in [3.8, 4) is 0 Å². The molecule has 29 heavy (non-hydrogen) atoms. The van der Waals surface area contributed by atoms with Crippen molar-refractivity contribution in [1.29, 1.82) is 0 Å². The third kappa shape index (κ3) is 3.39. The highest BCUT2D eigenvalue weighted by Gasteiger charge is 2.44. The monoisotopic (exact) mass is 396 g/mol. The van der Waals surface area contributed by atoms with Gasteiger partial charge in [-0.15, -0.1) is 0 Å². The summed E-state index contributed by atoms with van der Waals surface area (Å²) in [5.41, 5.74) is 0.178. The van der Waals surface area contributed by atoms with E-state index in [-0.39, 0.29) is 30.9 Å². The van der Waals surface area contributed by atoms with Crippen molar-refractivity contribution in [1.82, 2.24) is 20.3 Å². The summed E-state index contributed by atoms with van der Waals surface area (Å²) in [5, 5.41) is 15.9. The van der Waals surface area contributed by atoms with Gasteiger partial charge in [0.25, 0.3) is 11.8 Å². The van der Waals surface area contributed by atoms with Gasteiger partial charge in [-0.25, -0.2) is 9.80 Å². The maximum atomic E-state index is 13.1. The maximum absolute atomic E-state index is 13.1. The number of aliphatic carboxylic acids is 1. The van der Waals surface area contributed by atoms with E-state index in [0.717, 1.165) is 10.4 Å². The van der Waals surface area contributed by atoms with E-state index in [1.807, 2.05) is 12.1 Å². The topological polar surface area (TPSA) is 120 Å². The fourth-order valence-electron chi connectivity index (χ4n) is 3.92. The average Bonchev–Trinajstić information content (AvgIpc) is 2.85. The molecule has 2 saturated heterocycles. The van der Waals surface area contributed by atoms with Gasteiger partial charge in [-0.2, -0.15) is 0 Å². The maximum Gasteiger partial charge on any atom is 0.328 e. The highest BCUT2D eigenvalue weighted by molar-refractivity contribution is 6.06. The molecule has 2 aromatic rings. The minimum Gasteiger partial charge on any atom is -0.480 e. The molecule has 0 aliphatic carbocycles. The number of amides is 3. The van der Waals surface area contributed by atoms with E-state index in [1.54, 1.807) is 18.2 Å². The number of hydrazine groups is 1. The van der Waals surface area contributed by atoms with Crippen LogP contribution < -0.4 is 5.32 Å². The van der Waals surface area contributed by atoms with Crippen LogP contribution in [0, 0.1) is 0 Å². The number of pyridine rings is 1. The lowest BCUT2D eigenvalue weighted by molar-refractivity contribution is -0.180. The highest BCUT2D eigenvalue weighted by Crippen LogP contribution is 2.25. The summed E-state index contributed by atoms with van der Waals surface area (Å²) < 4.78 is 0. The normalized spacial score (nSPS) is 22.2. The molecular weight excluding hydrogens is 376 g/mol. The molecule has 0 bridgehead atoms. The van der Waals surface area contributed by atoms with Gasteiger partial charge in [0, 0.05) is 24.5 Å². The molecule has 150 valence electrons. The molecule has 2 N–H and O–H groups in total. The van der Waals surface area contributed by atoms with Crippen LogP contribution in [0.3, 0.4) is 0 Å². The number of rotatable bonds is 3. The molecular formula is C20H20N4O5. The van der Waals surface area contributed by atoms with Crippen LogP contribution in [0.25, 0.3) is 10.8 Å². The minimum absolute atomic E-state index is 0.0441. The van der Waals surface area contributed by atoms with Crippen LogP contribution in [-0.4, -0.2) is 62.4 Å². The standard InChI is InChI=1S/C20H20N4O5/c25-16-8-7-14(19(27)24-15(20(28)29)6-3-11-23(16)24)22-18(26)17-13-5-2-1-4-12(13)9-10-21-17/h1-2,4-5,9-10,14-15H,3,6-8,11H2,(H,22,26)(H,28,29). The van der Waals surface area contributed by atoms with E-state index in [2.05, 4.69) is 10.3 Å². The molecule has 9 heteroatoms. The number of carbonyl (C=O) groups excluding carboxylic acids is 3. The van der Waals surface area contributed by atoms with Crippen LogP contribution in [0.15, 0.2) is 36.5 Å². The Bertz CT molecular complexity index is 1000. The zero-order chi connectivity index (χ0) is 20.5. The summed E-state index contributed by atoms with van der Waals surface area (Å²) in [6, 6.07) is 6.92. The second-order valence-corrected chi connectivity index (χ2v) is 7.14. The smallest absolute Gasteiger partial charge is 0.328 e. The molecule has 2 aliphatic heterocycles. The predicted molar refractivity (Wildman–Crippen MR) is 101 cm³/mol. The third-order valence-corrected chi connectivity index (χ3v) is 5.34. The van der Waals surface area contributed by atoms with E-state index < -0.39 is 29.9 Å². The van der Waals surface area contributed by atoms with Gasteiger partial charge in [-0.05, 0) is 30.7 Å². The van der Waals surface area contributed by atoms with E-state index >= 15 is 0 Å². The van der Waals surface area contributed by atoms with Crippen molar-refractivity contribution >= 4 is 34.5 Å². The van der Waals surface area contributed by atoms with Crippen LogP contribution in [0.4, 0.5) is 0 Å². The number of fused-ring (bicyclic) bond motifs is 2. The molecule has 2 fully saturated rings. The molecule has 2 aliphatic rings. The highest BCUT2D eigenvalue weighted by atomic mass is 16.4. The largest absolute Gasteiger partial charge is 0.480 e. The Labute approximate surface area is 166 Å². The Morgan fingerprint density at radius 1 is 1.14 bits per heavy atom. The van der Waals surface area contributed by atoms with E-state index in [0.29, 0.717) is 18.4 Å². The molecule has 3 amide bonds. The predicted octanol–water partition coefficient (Wildman–Crippen LogP) is 0.946. The number of nitrogens with zero attached hydrogens (tertiary/aromatic N) is 3. The quantitative estimate of drug-likeness (QED) is 0.797. The summed E-state index contributed by atoms with van der Waals surface area (Å²) in [5.74, 6) is -2.61.